The quantitative estimate of drug-likeness (QED) is 0.366. The van der Waals surface area contributed by atoms with Crippen LogP contribution in [-0.4, -0.2) is 41.5 Å². The highest BCUT2D eigenvalue weighted by molar-refractivity contribution is 7.12. The van der Waals surface area contributed by atoms with Gasteiger partial charge < -0.3 is 20.6 Å². The highest BCUT2D eigenvalue weighted by Crippen LogP contribution is 2.23. The normalized spacial score (nSPS) is 11.7. The number of hydrogen-bond donors (Lipinski definition) is 2. The van der Waals surface area contributed by atoms with Crippen molar-refractivity contribution in [2.24, 2.45) is 10.9 Å². The number of nitrogens with zero attached hydrogens (tertiary/aromatic N) is 2. The van der Waals surface area contributed by atoms with Gasteiger partial charge in [0.05, 0.1) is 18.5 Å². The Morgan fingerprint density at radius 3 is 2.78 bits per heavy atom. The molecule has 0 saturated carbocycles. The first kappa shape index (κ1) is 14.3. The molecule has 0 aromatic carbocycles. The largest absolute Gasteiger partial charge is 0.496 e. The van der Waals surface area contributed by atoms with Crippen molar-refractivity contribution in [1.82, 2.24) is 4.90 Å². The minimum absolute atomic E-state index is 0.000529. The minimum Gasteiger partial charge on any atom is -0.496 e. The zero-order valence-electron chi connectivity index (χ0n) is 10.6. The van der Waals surface area contributed by atoms with Crippen molar-refractivity contribution >= 4 is 23.1 Å². The summed E-state index contributed by atoms with van der Waals surface area (Å²) in [6, 6.07) is 1.63. The number of amides is 1. The molecule has 0 unspecified atom stereocenters. The topological polar surface area (TPSA) is 88.2 Å². The molecule has 1 rings (SSSR count). The van der Waals surface area contributed by atoms with Gasteiger partial charge in [0.25, 0.3) is 5.91 Å². The van der Waals surface area contributed by atoms with Crippen molar-refractivity contribution in [2.75, 3.05) is 13.7 Å². The van der Waals surface area contributed by atoms with Gasteiger partial charge in [-0.3, -0.25) is 4.79 Å². The summed E-state index contributed by atoms with van der Waals surface area (Å²) >= 11 is 1.30. The van der Waals surface area contributed by atoms with E-state index in [0.717, 1.165) is 0 Å². The van der Waals surface area contributed by atoms with Crippen LogP contribution in [0.2, 0.25) is 0 Å². The van der Waals surface area contributed by atoms with Crippen LogP contribution in [0.25, 0.3) is 0 Å². The average Bonchev–Trinajstić information content (AvgIpc) is 2.83. The predicted molar refractivity (Wildman–Crippen MR) is 70.5 cm³/mol. The van der Waals surface area contributed by atoms with Crippen molar-refractivity contribution < 1.29 is 14.7 Å². The van der Waals surface area contributed by atoms with Gasteiger partial charge in [-0.25, -0.2) is 0 Å². The number of rotatable bonds is 5. The molecule has 6 nitrogen and oxygen atoms in total. The van der Waals surface area contributed by atoms with Gasteiger partial charge in [0.1, 0.15) is 5.75 Å². The second-order valence-corrected chi connectivity index (χ2v) is 4.88. The molecule has 0 radical (unpaired) electrons. The number of nitrogens with two attached hydrogens (primary N) is 1. The van der Waals surface area contributed by atoms with E-state index in [9.17, 15) is 4.79 Å². The average molecular weight is 271 g/mol. The number of ether oxygens (including phenoxy) is 1. The number of carbonyl (C=O) groups is 1. The molecule has 0 aliphatic carbocycles. The Morgan fingerprint density at radius 2 is 2.33 bits per heavy atom. The van der Waals surface area contributed by atoms with E-state index in [1.165, 1.54) is 16.2 Å². The molecule has 0 saturated heterocycles. The monoisotopic (exact) mass is 271 g/mol. The van der Waals surface area contributed by atoms with Crippen molar-refractivity contribution in [3.63, 3.8) is 0 Å². The number of carbonyl (C=O) groups excluding carboxylic acids is 1. The van der Waals surface area contributed by atoms with E-state index in [-0.39, 0.29) is 24.3 Å². The van der Waals surface area contributed by atoms with Crippen molar-refractivity contribution in [3.8, 4) is 5.75 Å². The van der Waals surface area contributed by atoms with Gasteiger partial charge in [-0.15, -0.1) is 11.3 Å². The second kappa shape index (κ2) is 6.25. The maximum Gasteiger partial charge on any atom is 0.264 e. The molecule has 1 heterocycles. The molecule has 0 aliphatic heterocycles. The lowest BCUT2D eigenvalue weighted by molar-refractivity contribution is 0.0738. The second-order valence-electron chi connectivity index (χ2n) is 3.97. The number of amidine groups is 1. The van der Waals surface area contributed by atoms with Gasteiger partial charge in [0.2, 0.25) is 0 Å². The molecule has 0 aliphatic rings. The molecular weight excluding hydrogens is 254 g/mol. The smallest absolute Gasteiger partial charge is 0.264 e. The Morgan fingerprint density at radius 1 is 1.67 bits per heavy atom. The van der Waals surface area contributed by atoms with Crippen LogP contribution in [0, 0.1) is 0 Å². The van der Waals surface area contributed by atoms with E-state index in [0.29, 0.717) is 10.6 Å². The summed E-state index contributed by atoms with van der Waals surface area (Å²) in [6.07, 6.45) is 0. The Hall–Kier alpha value is -1.76. The molecule has 7 heteroatoms. The third-order valence-corrected chi connectivity index (χ3v) is 3.26. The lowest BCUT2D eigenvalue weighted by atomic mass is 10.2. The van der Waals surface area contributed by atoms with Crippen molar-refractivity contribution in [2.45, 2.75) is 19.9 Å². The first-order valence-electron chi connectivity index (χ1n) is 5.39. The summed E-state index contributed by atoms with van der Waals surface area (Å²) in [5.74, 6) is 0.487. The Bertz CT molecular complexity index is 442. The van der Waals surface area contributed by atoms with Crippen LogP contribution in [0.4, 0.5) is 0 Å². The molecule has 18 heavy (non-hydrogen) atoms. The van der Waals surface area contributed by atoms with Crippen LogP contribution in [0.1, 0.15) is 23.5 Å². The van der Waals surface area contributed by atoms with Crippen LogP contribution in [0.3, 0.4) is 0 Å². The highest BCUT2D eigenvalue weighted by atomic mass is 32.1. The zero-order chi connectivity index (χ0) is 13.7. The SMILES string of the molecule is COc1csc(C(=O)N(CC(N)=NO)C(C)C)c1. The van der Waals surface area contributed by atoms with E-state index in [1.807, 2.05) is 13.8 Å². The van der Waals surface area contributed by atoms with Gasteiger partial charge in [0, 0.05) is 17.5 Å². The fraction of sp³-hybridized carbons (Fsp3) is 0.455. The maximum atomic E-state index is 12.3. The van der Waals surface area contributed by atoms with E-state index in [1.54, 1.807) is 18.6 Å². The summed E-state index contributed by atoms with van der Waals surface area (Å²) in [4.78, 5) is 14.3. The summed E-state index contributed by atoms with van der Waals surface area (Å²) in [5, 5.41) is 13.2. The third kappa shape index (κ3) is 3.36. The van der Waals surface area contributed by atoms with Crippen molar-refractivity contribution in [1.29, 1.82) is 0 Å². The van der Waals surface area contributed by atoms with E-state index in [4.69, 9.17) is 15.7 Å². The Kier molecular flexibility index (Phi) is 4.96. The fourth-order valence-electron chi connectivity index (χ4n) is 1.37. The van der Waals surface area contributed by atoms with Crippen LogP contribution < -0.4 is 10.5 Å². The molecule has 1 aromatic rings. The molecule has 1 amide bonds. The zero-order valence-corrected chi connectivity index (χ0v) is 11.4. The Labute approximate surface area is 110 Å². The van der Waals surface area contributed by atoms with E-state index >= 15 is 0 Å². The van der Waals surface area contributed by atoms with Crippen molar-refractivity contribution in [3.05, 3.63) is 16.3 Å². The number of oxime groups is 1. The number of hydrogen-bond acceptors (Lipinski definition) is 5. The van der Waals surface area contributed by atoms with E-state index < -0.39 is 0 Å². The van der Waals surface area contributed by atoms with Gasteiger partial charge in [-0.05, 0) is 13.8 Å². The lowest BCUT2D eigenvalue weighted by Crippen LogP contribution is -2.42. The minimum atomic E-state index is -0.162. The maximum absolute atomic E-state index is 12.3. The standard InChI is InChI=1S/C11H17N3O3S/c1-7(2)14(5-10(12)13-16)11(15)9-4-8(17-3)6-18-9/h4,6-7,16H,5H2,1-3H3,(H2,12,13). The molecule has 0 atom stereocenters. The van der Waals surface area contributed by atoms with Gasteiger partial charge >= 0.3 is 0 Å². The molecule has 0 fully saturated rings. The van der Waals surface area contributed by atoms with Gasteiger partial charge in [0.15, 0.2) is 5.84 Å². The third-order valence-electron chi connectivity index (χ3n) is 2.37. The van der Waals surface area contributed by atoms with E-state index in [2.05, 4.69) is 5.16 Å². The molecule has 0 spiro atoms. The summed E-state index contributed by atoms with van der Waals surface area (Å²) in [6.45, 7) is 3.83. The van der Waals surface area contributed by atoms with Gasteiger partial charge in [-0.2, -0.15) is 0 Å². The summed E-state index contributed by atoms with van der Waals surface area (Å²) < 4.78 is 5.04. The first-order chi connectivity index (χ1) is 8.49. The summed E-state index contributed by atoms with van der Waals surface area (Å²) in [7, 11) is 1.55. The lowest BCUT2D eigenvalue weighted by Gasteiger charge is -2.25. The molecule has 1 aromatic heterocycles. The Balaban J connectivity index is 2.89. The number of methoxy groups -OCH3 is 1. The van der Waals surface area contributed by atoms with Crippen LogP contribution in [0.15, 0.2) is 16.6 Å². The van der Waals surface area contributed by atoms with Crippen LogP contribution >= 0.6 is 11.3 Å². The molecular formula is C11H17N3O3S. The highest BCUT2D eigenvalue weighted by Gasteiger charge is 2.21. The predicted octanol–water partition coefficient (Wildman–Crippen LogP) is 1.35. The molecule has 0 bridgehead atoms. The van der Waals surface area contributed by atoms with Gasteiger partial charge in [-0.1, -0.05) is 5.16 Å². The van der Waals surface area contributed by atoms with Crippen LogP contribution in [-0.2, 0) is 0 Å². The number of thiophene rings is 1. The first-order valence-corrected chi connectivity index (χ1v) is 6.27. The van der Waals surface area contributed by atoms with Crippen LogP contribution in [0.5, 0.6) is 5.75 Å². The summed E-state index contributed by atoms with van der Waals surface area (Å²) in [5.41, 5.74) is 5.44. The molecule has 100 valence electrons. The fourth-order valence-corrected chi connectivity index (χ4v) is 2.18. The molecule has 3 N–H and O–H groups in total.